The molecule has 3 aromatic rings. The highest BCUT2D eigenvalue weighted by atomic mass is 32.1. The summed E-state index contributed by atoms with van der Waals surface area (Å²) in [6.07, 6.45) is 1.39. The van der Waals surface area contributed by atoms with E-state index in [9.17, 15) is 18.7 Å². The van der Waals surface area contributed by atoms with E-state index in [1.807, 2.05) is 13.8 Å². The monoisotopic (exact) mass is 522 g/mol. The molecular weight excluding hydrogens is 490 g/mol. The van der Waals surface area contributed by atoms with E-state index < -0.39 is 23.5 Å². The number of pyridine rings is 2. The molecule has 1 aliphatic heterocycles. The highest BCUT2D eigenvalue weighted by molar-refractivity contribution is 7.16. The lowest BCUT2D eigenvalue weighted by Crippen LogP contribution is -2.42. The van der Waals surface area contributed by atoms with Gasteiger partial charge >= 0.3 is 0 Å². The molecule has 4 rings (SSSR count). The van der Waals surface area contributed by atoms with Crippen LogP contribution < -0.4 is 16.0 Å². The fourth-order valence-corrected chi connectivity index (χ4v) is 4.05. The van der Waals surface area contributed by atoms with Gasteiger partial charge in [-0.2, -0.15) is 0 Å². The minimum Gasteiger partial charge on any atom is -0.387 e. The zero-order chi connectivity index (χ0) is 26.3. The maximum absolute atomic E-state index is 14.5. The first-order valence-electron chi connectivity index (χ1n) is 11.9. The number of anilines is 3. The summed E-state index contributed by atoms with van der Waals surface area (Å²) in [5.41, 5.74) is 1.08. The van der Waals surface area contributed by atoms with Crippen LogP contribution in [0.3, 0.4) is 0 Å². The summed E-state index contributed by atoms with van der Waals surface area (Å²) in [5.74, 6) is -0.886. The topological polar surface area (TPSA) is 121 Å². The van der Waals surface area contributed by atoms with Crippen LogP contribution in [0.4, 0.5) is 26.1 Å². The first-order valence-corrected chi connectivity index (χ1v) is 12.7. The fourth-order valence-electron chi connectivity index (χ4n) is 3.41. The van der Waals surface area contributed by atoms with Gasteiger partial charge in [-0.1, -0.05) is 13.8 Å². The average molecular weight is 523 g/mol. The third kappa shape index (κ3) is 7.05. The van der Waals surface area contributed by atoms with E-state index in [4.69, 9.17) is 4.74 Å². The molecule has 0 aliphatic carbocycles. The van der Waals surface area contributed by atoms with Crippen molar-refractivity contribution in [2.45, 2.75) is 58.4 Å². The average Bonchev–Trinajstić information content (AvgIpc) is 3.31. The number of halogens is 2. The molecule has 9 nitrogen and oxygen atoms in total. The molecule has 3 aromatic heterocycles. The van der Waals surface area contributed by atoms with Crippen molar-refractivity contribution < 1.29 is 23.4 Å². The number of nitrogens with one attached hydrogen (secondary N) is 3. The number of ether oxygens (including phenoxy) is 1. The molecule has 36 heavy (non-hydrogen) atoms. The molecule has 1 aliphatic rings. The predicted molar refractivity (Wildman–Crippen MR) is 137 cm³/mol. The van der Waals surface area contributed by atoms with Crippen LogP contribution in [0, 0.1) is 5.82 Å². The van der Waals surface area contributed by atoms with Crippen molar-refractivity contribution >= 4 is 44.9 Å². The van der Waals surface area contributed by atoms with Crippen LogP contribution in [0.2, 0.25) is 0 Å². The lowest BCUT2D eigenvalue weighted by molar-refractivity contribution is -0.00177. The number of amides is 1. The number of alkyl halides is 1. The number of hydrogen-bond acceptors (Lipinski definition) is 9. The highest BCUT2D eigenvalue weighted by Gasteiger charge is 2.27. The first kappa shape index (κ1) is 27.6. The molecule has 0 spiro atoms. The number of rotatable bonds is 8. The molecule has 12 heteroatoms. The Morgan fingerprint density at radius 1 is 1.33 bits per heavy atom. The third-order valence-electron chi connectivity index (χ3n) is 5.40. The van der Waals surface area contributed by atoms with Gasteiger partial charge in [0.25, 0.3) is 5.91 Å². The van der Waals surface area contributed by atoms with Crippen LogP contribution in [0.15, 0.2) is 23.8 Å². The fraction of sp³-hybridized carbons (Fsp3) is 0.500. The SMILES string of the molecule is CC.CC(C)(O)C(F)CNC(=O)c1cnc(Nc2nc3scnc3cc2F)cc1NC1CCCOC1. The van der Waals surface area contributed by atoms with Gasteiger partial charge in [-0.3, -0.25) is 4.79 Å². The molecular formula is C24H32F2N6O3S. The van der Waals surface area contributed by atoms with Gasteiger partial charge in [0.1, 0.15) is 22.3 Å². The Kier molecular flexibility index (Phi) is 9.46. The van der Waals surface area contributed by atoms with E-state index in [1.54, 1.807) is 11.6 Å². The number of hydrogen-bond donors (Lipinski definition) is 4. The van der Waals surface area contributed by atoms with Crippen molar-refractivity contribution in [3.8, 4) is 0 Å². The van der Waals surface area contributed by atoms with E-state index in [-0.39, 0.29) is 29.8 Å². The number of thiazole rings is 1. The van der Waals surface area contributed by atoms with Gasteiger partial charge in [0.2, 0.25) is 0 Å². The molecule has 2 atom stereocenters. The van der Waals surface area contributed by atoms with Gasteiger partial charge in [-0.05, 0) is 26.7 Å². The summed E-state index contributed by atoms with van der Waals surface area (Å²) in [6.45, 7) is 7.44. The van der Waals surface area contributed by atoms with Crippen molar-refractivity contribution in [3.63, 3.8) is 0 Å². The second kappa shape index (κ2) is 12.3. The summed E-state index contributed by atoms with van der Waals surface area (Å²) in [4.78, 5) is 25.9. The van der Waals surface area contributed by atoms with Gasteiger partial charge in [-0.25, -0.2) is 23.7 Å². The lowest BCUT2D eigenvalue weighted by Gasteiger charge is -2.26. The lowest BCUT2D eigenvalue weighted by atomic mass is 10.0. The van der Waals surface area contributed by atoms with Crippen molar-refractivity contribution in [3.05, 3.63) is 35.2 Å². The second-order valence-electron chi connectivity index (χ2n) is 8.63. The van der Waals surface area contributed by atoms with Crippen LogP contribution in [0.5, 0.6) is 0 Å². The predicted octanol–water partition coefficient (Wildman–Crippen LogP) is 4.42. The van der Waals surface area contributed by atoms with Crippen LogP contribution in [0.1, 0.15) is 50.9 Å². The first-order chi connectivity index (χ1) is 17.2. The van der Waals surface area contributed by atoms with Crippen molar-refractivity contribution in [1.82, 2.24) is 20.3 Å². The molecule has 1 saturated heterocycles. The molecule has 0 bridgehead atoms. The zero-order valence-corrected chi connectivity index (χ0v) is 21.6. The number of aromatic nitrogens is 3. The quantitative estimate of drug-likeness (QED) is 0.343. The normalized spacial score (nSPS) is 16.6. The Labute approximate surface area is 212 Å². The highest BCUT2D eigenvalue weighted by Crippen LogP contribution is 2.27. The second-order valence-corrected chi connectivity index (χ2v) is 9.46. The van der Waals surface area contributed by atoms with E-state index in [0.29, 0.717) is 29.2 Å². The number of fused-ring (bicyclic) bond motifs is 1. The summed E-state index contributed by atoms with van der Waals surface area (Å²) < 4.78 is 34.1. The minimum absolute atomic E-state index is 0.0150. The molecule has 4 N–H and O–H groups in total. The number of carbonyl (C=O) groups is 1. The Morgan fingerprint density at radius 2 is 2.11 bits per heavy atom. The molecule has 1 amide bonds. The maximum Gasteiger partial charge on any atom is 0.255 e. The Bertz CT molecular complexity index is 1160. The maximum atomic E-state index is 14.5. The molecule has 196 valence electrons. The Balaban J connectivity index is 0.00000176. The molecule has 1 fully saturated rings. The summed E-state index contributed by atoms with van der Waals surface area (Å²) in [7, 11) is 0. The zero-order valence-electron chi connectivity index (χ0n) is 20.8. The summed E-state index contributed by atoms with van der Waals surface area (Å²) in [6, 6.07) is 2.83. The molecule has 0 aromatic carbocycles. The van der Waals surface area contributed by atoms with Gasteiger partial charge in [0.05, 0.1) is 35.5 Å². The number of nitrogens with zero attached hydrogens (tertiary/aromatic N) is 3. The molecule has 2 unspecified atom stereocenters. The van der Waals surface area contributed by atoms with Gasteiger partial charge in [0.15, 0.2) is 11.6 Å². The Morgan fingerprint density at radius 3 is 2.81 bits per heavy atom. The minimum atomic E-state index is -1.65. The largest absolute Gasteiger partial charge is 0.387 e. The van der Waals surface area contributed by atoms with Crippen LogP contribution >= 0.6 is 11.3 Å². The number of carbonyl (C=O) groups excluding carboxylic acids is 1. The van der Waals surface area contributed by atoms with Crippen molar-refractivity contribution in [2.24, 2.45) is 0 Å². The van der Waals surface area contributed by atoms with Crippen LogP contribution in [-0.4, -0.2) is 63.5 Å². The van der Waals surface area contributed by atoms with Crippen LogP contribution in [-0.2, 0) is 4.74 Å². The summed E-state index contributed by atoms with van der Waals surface area (Å²) in [5, 5.41) is 18.4. The van der Waals surface area contributed by atoms with Crippen molar-refractivity contribution in [1.29, 1.82) is 0 Å². The smallest absolute Gasteiger partial charge is 0.255 e. The number of aliphatic hydroxyl groups is 1. The Hall–Kier alpha value is -2.96. The van der Waals surface area contributed by atoms with E-state index in [1.165, 1.54) is 37.4 Å². The molecule has 0 radical (unpaired) electrons. The van der Waals surface area contributed by atoms with E-state index in [0.717, 1.165) is 12.8 Å². The third-order valence-corrected chi connectivity index (χ3v) is 6.14. The standard InChI is InChI=1S/C22H26F2N6O3S.C2H6/c1-22(2,32)17(24)9-26-20(31)13-8-25-18(7-15(13)28-12-4-3-5-33-10-12)29-19-14(23)6-16-21(30-19)34-11-27-16;1-2/h6-8,11-12,17,32H,3-5,9-10H2,1-2H3,(H,26,31)(H2,25,28,29,30);1-2H3. The summed E-state index contributed by atoms with van der Waals surface area (Å²) >= 11 is 1.29. The van der Waals surface area contributed by atoms with Gasteiger partial charge in [-0.15, -0.1) is 11.3 Å². The van der Waals surface area contributed by atoms with Gasteiger partial charge in [0, 0.05) is 31.0 Å². The van der Waals surface area contributed by atoms with Gasteiger partial charge < -0.3 is 25.8 Å². The van der Waals surface area contributed by atoms with Crippen LogP contribution in [0.25, 0.3) is 10.3 Å². The van der Waals surface area contributed by atoms with E-state index >= 15 is 0 Å². The van der Waals surface area contributed by atoms with E-state index in [2.05, 4.69) is 30.9 Å². The molecule has 4 heterocycles. The molecule has 0 saturated carbocycles. The van der Waals surface area contributed by atoms with Crippen molar-refractivity contribution in [2.75, 3.05) is 30.4 Å².